The largest absolute Gasteiger partial charge is 0.240 e. The van der Waals surface area contributed by atoms with Gasteiger partial charge in [0.05, 0.1) is 0 Å². The molecule has 1 heteroatoms. The third kappa shape index (κ3) is 5.28. The maximum absolute atomic E-state index is 4.32. The first-order valence-electron chi connectivity index (χ1n) is 10.2. The smallest absolute Gasteiger partial charge is 0.00512 e. The number of allylic oxidation sites excluding steroid dienone is 1. The summed E-state index contributed by atoms with van der Waals surface area (Å²) in [5.41, 5.74) is 0. The lowest BCUT2D eigenvalue weighted by atomic mass is 9.71. The van der Waals surface area contributed by atoms with Gasteiger partial charge in [0.15, 0.2) is 0 Å². The van der Waals surface area contributed by atoms with Crippen LogP contribution in [0.5, 0.6) is 0 Å². The van der Waals surface area contributed by atoms with Crippen LogP contribution in [0.15, 0.2) is 12.7 Å². The Kier molecular flexibility index (Phi) is 8.77. The highest BCUT2D eigenvalue weighted by atomic mass is 32.3. The van der Waals surface area contributed by atoms with Crippen LogP contribution in [-0.2, 0) is 0 Å². The minimum absolute atomic E-state index is 0.465. The molecular weight excluding hydrogens is 296 g/mol. The lowest BCUT2D eigenvalue weighted by Crippen LogP contribution is -2.34. The molecule has 1 fully saturated rings. The van der Waals surface area contributed by atoms with E-state index < -0.39 is 10.0 Å². The van der Waals surface area contributed by atoms with E-state index in [1.54, 1.807) is 0 Å². The molecule has 0 aromatic heterocycles. The summed E-state index contributed by atoms with van der Waals surface area (Å²) in [5, 5.41) is 0.904. The highest BCUT2D eigenvalue weighted by molar-refractivity contribution is 8.33. The SMILES string of the molecule is C=CC1C(C(C)C(C)CC(C)C)CCCS(C)(CCC)C1CC. The predicted molar refractivity (Wildman–Crippen MR) is 112 cm³/mol. The van der Waals surface area contributed by atoms with E-state index in [0.29, 0.717) is 0 Å². The van der Waals surface area contributed by atoms with Gasteiger partial charge in [-0.05, 0) is 84.7 Å². The van der Waals surface area contributed by atoms with Crippen molar-refractivity contribution in [1.29, 1.82) is 0 Å². The molecule has 1 aliphatic rings. The fourth-order valence-electron chi connectivity index (χ4n) is 5.36. The number of hydrogen-bond acceptors (Lipinski definition) is 0. The van der Waals surface area contributed by atoms with E-state index in [-0.39, 0.29) is 0 Å². The van der Waals surface area contributed by atoms with Crippen molar-refractivity contribution in [3.8, 4) is 0 Å². The molecule has 1 rings (SSSR count). The van der Waals surface area contributed by atoms with E-state index in [1.807, 2.05) is 0 Å². The summed E-state index contributed by atoms with van der Waals surface area (Å²) >= 11 is 0. The zero-order valence-corrected chi connectivity index (χ0v) is 17.9. The summed E-state index contributed by atoms with van der Waals surface area (Å²) in [4.78, 5) is 0. The Morgan fingerprint density at radius 2 is 1.83 bits per heavy atom. The first kappa shape index (κ1) is 21.1. The standard InChI is InChI=1S/C22H44S/c1-9-14-23(8)15-12-13-21(20(10-2)22(23)11-3)19(7)18(6)16-17(4)5/h10,17-22H,2,9,11-16H2,1,3-8H3. The second-order valence-electron chi connectivity index (χ2n) is 8.79. The Morgan fingerprint density at radius 3 is 2.30 bits per heavy atom. The summed E-state index contributed by atoms with van der Waals surface area (Å²) in [6.45, 7) is 18.9. The van der Waals surface area contributed by atoms with Crippen LogP contribution in [0.3, 0.4) is 0 Å². The monoisotopic (exact) mass is 340 g/mol. The fraction of sp³-hybridized carbons (Fsp3) is 0.909. The van der Waals surface area contributed by atoms with Crippen LogP contribution in [-0.4, -0.2) is 23.0 Å². The van der Waals surface area contributed by atoms with E-state index in [1.165, 1.54) is 43.6 Å². The zero-order chi connectivity index (χ0) is 17.6. The van der Waals surface area contributed by atoms with Crippen molar-refractivity contribution in [3.63, 3.8) is 0 Å². The Hall–Kier alpha value is 0.0900. The highest BCUT2D eigenvalue weighted by Gasteiger charge is 2.41. The molecule has 0 nitrogen and oxygen atoms in total. The third-order valence-electron chi connectivity index (χ3n) is 6.56. The van der Waals surface area contributed by atoms with Crippen molar-refractivity contribution in [2.24, 2.45) is 29.6 Å². The fourth-order valence-corrected chi connectivity index (χ4v) is 9.81. The van der Waals surface area contributed by atoms with Gasteiger partial charge in [0, 0.05) is 0 Å². The van der Waals surface area contributed by atoms with Crippen molar-refractivity contribution in [2.45, 2.75) is 78.9 Å². The molecule has 1 saturated heterocycles. The second kappa shape index (κ2) is 9.54. The zero-order valence-electron chi connectivity index (χ0n) is 17.1. The van der Waals surface area contributed by atoms with Crippen molar-refractivity contribution >= 4 is 10.0 Å². The minimum Gasteiger partial charge on any atom is -0.240 e. The van der Waals surface area contributed by atoms with E-state index in [0.717, 1.165) is 34.8 Å². The maximum atomic E-state index is 4.32. The van der Waals surface area contributed by atoms with Crippen LogP contribution in [0, 0.1) is 29.6 Å². The Labute approximate surface area is 149 Å². The van der Waals surface area contributed by atoms with Gasteiger partial charge in [-0.2, -0.15) is 0 Å². The van der Waals surface area contributed by atoms with Crippen LogP contribution in [0.25, 0.3) is 0 Å². The molecule has 0 saturated carbocycles. The van der Waals surface area contributed by atoms with Crippen LogP contribution < -0.4 is 0 Å². The molecule has 0 radical (unpaired) electrons. The highest BCUT2D eigenvalue weighted by Crippen LogP contribution is 2.59. The number of rotatable bonds is 8. The van der Waals surface area contributed by atoms with Gasteiger partial charge in [-0.15, -0.1) is 6.58 Å². The van der Waals surface area contributed by atoms with Gasteiger partial charge in [0.1, 0.15) is 0 Å². The average molecular weight is 341 g/mol. The maximum Gasteiger partial charge on any atom is -0.00512 e. The van der Waals surface area contributed by atoms with E-state index >= 15 is 0 Å². The summed E-state index contributed by atoms with van der Waals surface area (Å²) in [5.74, 6) is 7.07. The van der Waals surface area contributed by atoms with Crippen molar-refractivity contribution in [1.82, 2.24) is 0 Å². The topological polar surface area (TPSA) is 0 Å². The van der Waals surface area contributed by atoms with Gasteiger partial charge in [0.25, 0.3) is 0 Å². The first-order chi connectivity index (χ1) is 10.8. The third-order valence-corrected chi connectivity index (χ3v) is 11.2. The van der Waals surface area contributed by atoms with Gasteiger partial charge in [0.2, 0.25) is 0 Å². The van der Waals surface area contributed by atoms with Gasteiger partial charge < -0.3 is 0 Å². The minimum atomic E-state index is -0.465. The summed E-state index contributed by atoms with van der Waals surface area (Å²) in [6, 6.07) is 0. The molecule has 0 spiro atoms. The van der Waals surface area contributed by atoms with Crippen molar-refractivity contribution in [2.75, 3.05) is 17.8 Å². The van der Waals surface area contributed by atoms with Gasteiger partial charge in [-0.3, -0.25) is 0 Å². The van der Waals surface area contributed by atoms with Gasteiger partial charge >= 0.3 is 0 Å². The molecule has 0 amide bonds. The van der Waals surface area contributed by atoms with E-state index in [2.05, 4.69) is 60.5 Å². The second-order valence-corrected chi connectivity index (χ2v) is 12.9. The molecule has 0 aromatic carbocycles. The van der Waals surface area contributed by atoms with Crippen LogP contribution >= 0.6 is 10.0 Å². The Bertz CT molecular complexity index is 348. The molecule has 138 valence electrons. The van der Waals surface area contributed by atoms with Crippen LogP contribution in [0.1, 0.15) is 73.6 Å². The van der Waals surface area contributed by atoms with Crippen LogP contribution in [0.2, 0.25) is 0 Å². The molecule has 0 N–H and O–H groups in total. The molecule has 1 aliphatic heterocycles. The number of hydrogen-bond donors (Lipinski definition) is 0. The predicted octanol–water partition coefficient (Wildman–Crippen LogP) is 7.14. The summed E-state index contributed by atoms with van der Waals surface area (Å²) < 4.78 is 0. The van der Waals surface area contributed by atoms with E-state index in [4.69, 9.17) is 0 Å². The summed E-state index contributed by atoms with van der Waals surface area (Å²) in [7, 11) is -0.465. The molecule has 0 bridgehead atoms. The molecular formula is C22H44S. The lowest BCUT2D eigenvalue weighted by Gasteiger charge is -2.47. The van der Waals surface area contributed by atoms with Crippen molar-refractivity contribution in [3.05, 3.63) is 12.7 Å². The van der Waals surface area contributed by atoms with E-state index in [9.17, 15) is 0 Å². The van der Waals surface area contributed by atoms with Crippen LogP contribution in [0.4, 0.5) is 0 Å². The molecule has 6 unspecified atom stereocenters. The van der Waals surface area contributed by atoms with Gasteiger partial charge in [-0.25, -0.2) is 10.0 Å². The normalized spacial score (nSPS) is 37.7. The summed E-state index contributed by atoms with van der Waals surface area (Å²) in [6.07, 6.45) is 12.0. The Morgan fingerprint density at radius 1 is 1.17 bits per heavy atom. The van der Waals surface area contributed by atoms with Gasteiger partial charge in [-0.1, -0.05) is 47.6 Å². The molecule has 0 aromatic rings. The molecule has 23 heavy (non-hydrogen) atoms. The van der Waals surface area contributed by atoms with Crippen molar-refractivity contribution < 1.29 is 0 Å². The quantitative estimate of drug-likeness (QED) is 0.412. The molecule has 6 atom stereocenters. The first-order valence-corrected chi connectivity index (χ1v) is 12.6. The molecule has 1 heterocycles. The average Bonchev–Trinajstić information content (AvgIpc) is 2.61. The lowest BCUT2D eigenvalue weighted by molar-refractivity contribution is 0.178. The Balaban J connectivity index is 3.02. The molecule has 0 aliphatic carbocycles.